The number of rotatable bonds is 1. The van der Waals surface area contributed by atoms with Crippen LogP contribution >= 0.6 is 11.3 Å². The van der Waals surface area contributed by atoms with Crippen molar-refractivity contribution in [2.24, 2.45) is 5.41 Å². The van der Waals surface area contributed by atoms with Crippen LogP contribution in [-0.2, 0) is 9.59 Å². The molecule has 0 aliphatic carbocycles. The standard InChI is InChI=1S/C17H17N3O3S/c21-14-2-1-5-17(16(23)19-14)6-7-20(9-17)15(22)11-3-4-13-12(8-11)18-10-24-13/h3-4,8,10H,1-2,5-7,9H2,(H,19,21,23). The molecule has 1 aromatic carbocycles. The summed E-state index contributed by atoms with van der Waals surface area (Å²) >= 11 is 1.54. The van der Waals surface area contributed by atoms with Gasteiger partial charge >= 0.3 is 0 Å². The molecular formula is C17H17N3O3S. The molecule has 7 heteroatoms. The van der Waals surface area contributed by atoms with E-state index in [4.69, 9.17) is 0 Å². The van der Waals surface area contributed by atoms with Crippen molar-refractivity contribution in [3.63, 3.8) is 0 Å². The van der Waals surface area contributed by atoms with E-state index in [-0.39, 0.29) is 17.7 Å². The molecule has 1 unspecified atom stereocenters. The molecule has 1 spiro atoms. The van der Waals surface area contributed by atoms with Crippen LogP contribution in [0.2, 0.25) is 0 Å². The van der Waals surface area contributed by atoms with E-state index in [0.717, 1.165) is 10.2 Å². The Morgan fingerprint density at radius 3 is 3.04 bits per heavy atom. The number of thiazole rings is 1. The van der Waals surface area contributed by atoms with Gasteiger partial charge in [0.15, 0.2) is 0 Å². The Kier molecular flexibility index (Phi) is 3.60. The van der Waals surface area contributed by atoms with E-state index in [1.165, 1.54) is 11.3 Å². The topological polar surface area (TPSA) is 79.4 Å². The highest BCUT2D eigenvalue weighted by atomic mass is 32.1. The van der Waals surface area contributed by atoms with Gasteiger partial charge in [0, 0.05) is 25.1 Å². The number of nitrogens with zero attached hydrogens (tertiary/aromatic N) is 2. The fourth-order valence-corrected chi connectivity index (χ4v) is 4.29. The van der Waals surface area contributed by atoms with E-state index >= 15 is 0 Å². The van der Waals surface area contributed by atoms with Crippen molar-refractivity contribution in [2.75, 3.05) is 13.1 Å². The van der Waals surface area contributed by atoms with Gasteiger partial charge in [-0.2, -0.15) is 0 Å². The highest BCUT2D eigenvalue weighted by molar-refractivity contribution is 7.16. The molecule has 2 aromatic rings. The van der Waals surface area contributed by atoms with Gasteiger partial charge in [0.1, 0.15) is 0 Å². The van der Waals surface area contributed by atoms with E-state index in [0.29, 0.717) is 44.3 Å². The van der Waals surface area contributed by atoms with Crippen molar-refractivity contribution in [1.29, 1.82) is 0 Å². The number of imide groups is 1. The van der Waals surface area contributed by atoms with Crippen molar-refractivity contribution in [1.82, 2.24) is 15.2 Å². The van der Waals surface area contributed by atoms with Crippen LogP contribution in [0.4, 0.5) is 0 Å². The minimum Gasteiger partial charge on any atom is -0.338 e. The Morgan fingerprint density at radius 2 is 2.17 bits per heavy atom. The second kappa shape index (κ2) is 5.66. The fourth-order valence-electron chi connectivity index (χ4n) is 3.63. The lowest BCUT2D eigenvalue weighted by Crippen LogP contribution is -2.43. The first-order chi connectivity index (χ1) is 11.6. The van der Waals surface area contributed by atoms with Crippen LogP contribution < -0.4 is 5.32 Å². The molecule has 24 heavy (non-hydrogen) atoms. The van der Waals surface area contributed by atoms with Gasteiger partial charge in [0.25, 0.3) is 5.91 Å². The Balaban J connectivity index is 1.56. The summed E-state index contributed by atoms with van der Waals surface area (Å²) in [6.45, 7) is 0.912. The Bertz CT molecular complexity index is 846. The maximum atomic E-state index is 12.8. The average molecular weight is 343 g/mol. The third-order valence-electron chi connectivity index (χ3n) is 5.01. The number of aromatic nitrogens is 1. The summed E-state index contributed by atoms with van der Waals surface area (Å²) in [6, 6.07) is 5.52. The van der Waals surface area contributed by atoms with E-state index < -0.39 is 5.41 Å². The minimum absolute atomic E-state index is 0.0786. The van der Waals surface area contributed by atoms with Crippen LogP contribution in [-0.4, -0.2) is 40.7 Å². The third kappa shape index (κ3) is 2.49. The molecule has 3 heterocycles. The van der Waals surface area contributed by atoms with Crippen molar-refractivity contribution < 1.29 is 14.4 Å². The predicted octanol–water partition coefficient (Wildman–Crippen LogP) is 1.96. The normalized spacial score (nSPS) is 24.4. The zero-order valence-electron chi connectivity index (χ0n) is 13.1. The van der Waals surface area contributed by atoms with Gasteiger partial charge in [-0.3, -0.25) is 19.7 Å². The second-order valence-electron chi connectivity index (χ2n) is 6.52. The van der Waals surface area contributed by atoms with E-state index in [1.807, 2.05) is 12.1 Å². The largest absolute Gasteiger partial charge is 0.338 e. The monoisotopic (exact) mass is 343 g/mol. The molecule has 0 saturated carbocycles. The maximum absolute atomic E-state index is 12.8. The van der Waals surface area contributed by atoms with Gasteiger partial charge in [-0.25, -0.2) is 4.98 Å². The van der Waals surface area contributed by atoms with Gasteiger partial charge in [-0.1, -0.05) is 0 Å². The number of fused-ring (bicyclic) bond motifs is 1. The number of carbonyl (C=O) groups excluding carboxylic acids is 3. The number of hydrogen-bond donors (Lipinski definition) is 1. The summed E-state index contributed by atoms with van der Waals surface area (Å²) in [6.07, 6.45) is 2.32. The molecule has 2 aliphatic rings. The number of benzene rings is 1. The van der Waals surface area contributed by atoms with Crippen LogP contribution in [0, 0.1) is 5.41 Å². The molecule has 1 N–H and O–H groups in total. The average Bonchev–Trinajstić information content (AvgIpc) is 3.17. The fraction of sp³-hybridized carbons (Fsp3) is 0.412. The van der Waals surface area contributed by atoms with Crippen molar-refractivity contribution in [3.05, 3.63) is 29.3 Å². The quantitative estimate of drug-likeness (QED) is 0.803. The van der Waals surface area contributed by atoms with Crippen molar-refractivity contribution >= 4 is 39.3 Å². The van der Waals surface area contributed by atoms with E-state index in [2.05, 4.69) is 10.3 Å². The van der Waals surface area contributed by atoms with Gasteiger partial charge in [-0.05, 0) is 37.5 Å². The molecule has 3 amide bonds. The van der Waals surface area contributed by atoms with Gasteiger partial charge in [0.2, 0.25) is 11.8 Å². The molecule has 0 radical (unpaired) electrons. The number of likely N-dealkylation sites (tertiary alicyclic amines) is 1. The molecule has 0 bridgehead atoms. The van der Waals surface area contributed by atoms with Gasteiger partial charge in [0.05, 0.1) is 21.1 Å². The highest BCUT2D eigenvalue weighted by Crippen LogP contribution is 2.38. The summed E-state index contributed by atoms with van der Waals surface area (Å²) in [7, 11) is 0. The summed E-state index contributed by atoms with van der Waals surface area (Å²) < 4.78 is 1.05. The Hall–Kier alpha value is -2.28. The second-order valence-corrected chi connectivity index (χ2v) is 7.41. The first-order valence-electron chi connectivity index (χ1n) is 8.04. The number of carbonyl (C=O) groups is 3. The van der Waals surface area contributed by atoms with Gasteiger partial charge in [-0.15, -0.1) is 11.3 Å². The summed E-state index contributed by atoms with van der Waals surface area (Å²) in [5.74, 6) is -0.518. The van der Waals surface area contributed by atoms with Crippen molar-refractivity contribution in [2.45, 2.75) is 25.7 Å². The number of nitrogens with one attached hydrogen (secondary N) is 1. The molecule has 6 nitrogen and oxygen atoms in total. The molecule has 124 valence electrons. The third-order valence-corrected chi connectivity index (χ3v) is 5.82. The Labute approximate surface area is 142 Å². The van der Waals surface area contributed by atoms with Gasteiger partial charge < -0.3 is 4.90 Å². The van der Waals surface area contributed by atoms with Crippen LogP contribution in [0.25, 0.3) is 10.2 Å². The lowest BCUT2D eigenvalue weighted by molar-refractivity contribution is -0.135. The van der Waals surface area contributed by atoms with Crippen LogP contribution in [0.1, 0.15) is 36.0 Å². The molecule has 1 atom stereocenters. The molecule has 4 rings (SSSR count). The van der Waals surface area contributed by atoms with Crippen molar-refractivity contribution in [3.8, 4) is 0 Å². The number of amides is 3. The Morgan fingerprint density at radius 1 is 1.29 bits per heavy atom. The minimum atomic E-state index is -0.618. The lowest BCUT2D eigenvalue weighted by atomic mass is 9.82. The molecule has 2 fully saturated rings. The number of hydrogen-bond acceptors (Lipinski definition) is 5. The first kappa shape index (κ1) is 15.3. The maximum Gasteiger partial charge on any atom is 0.253 e. The summed E-state index contributed by atoms with van der Waals surface area (Å²) in [4.78, 5) is 42.7. The van der Waals surface area contributed by atoms with Crippen LogP contribution in [0.3, 0.4) is 0 Å². The lowest BCUT2D eigenvalue weighted by Gasteiger charge is -2.25. The molecule has 1 aromatic heterocycles. The molecular weight excluding hydrogens is 326 g/mol. The summed E-state index contributed by atoms with van der Waals surface area (Å²) in [5.41, 5.74) is 2.55. The van der Waals surface area contributed by atoms with E-state index in [1.54, 1.807) is 16.5 Å². The smallest absolute Gasteiger partial charge is 0.253 e. The first-order valence-corrected chi connectivity index (χ1v) is 8.92. The van der Waals surface area contributed by atoms with E-state index in [9.17, 15) is 14.4 Å². The van der Waals surface area contributed by atoms with Crippen LogP contribution in [0.15, 0.2) is 23.7 Å². The zero-order chi connectivity index (χ0) is 16.7. The molecule has 2 saturated heterocycles. The SMILES string of the molecule is O=C1CCCC2(CCN(C(=O)c3ccc4scnc4c3)C2)C(=O)N1. The summed E-state index contributed by atoms with van der Waals surface area (Å²) in [5, 5.41) is 2.47. The predicted molar refractivity (Wildman–Crippen MR) is 89.6 cm³/mol. The van der Waals surface area contributed by atoms with Crippen LogP contribution in [0.5, 0.6) is 0 Å². The zero-order valence-corrected chi connectivity index (χ0v) is 13.9. The molecule has 2 aliphatic heterocycles. The highest BCUT2D eigenvalue weighted by Gasteiger charge is 2.47.